The number of amides is 1. The Labute approximate surface area is 99.5 Å². The number of hydrogen-bond acceptors (Lipinski definition) is 4. The van der Waals surface area contributed by atoms with E-state index >= 15 is 0 Å². The first-order chi connectivity index (χ1) is 7.84. The van der Waals surface area contributed by atoms with E-state index < -0.39 is 0 Å². The number of hydrogen-bond donors (Lipinski definition) is 2. The second kappa shape index (κ2) is 5.96. The Hall–Kier alpha value is -0.940. The summed E-state index contributed by atoms with van der Waals surface area (Å²) < 4.78 is 0. The van der Waals surface area contributed by atoms with Gasteiger partial charge in [0, 0.05) is 24.4 Å². The number of rotatable bonds is 7. The first kappa shape index (κ1) is 11.5. The van der Waals surface area contributed by atoms with Crippen LogP contribution in [0, 0.1) is 0 Å². The lowest BCUT2D eigenvalue weighted by atomic mass is 10.3. The van der Waals surface area contributed by atoms with E-state index in [4.69, 9.17) is 0 Å². The maximum absolute atomic E-state index is 11.3. The molecule has 0 spiro atoms. The molecule has 1 amide bonds. The minimum atomic E-state index is 0.193. The highest BCUT2D eigenvalue weighted by Gasteiger charge is 2.22. The molecule has 0 atom stereocenters. The SMILES string of the molecule is O=C(CCCNCc1cscn1)NC1CC1. The molecule has 1 fully saturated rings. The van der Waals surface area contributed by atoms with E-state index in [0.717, 1.165) is 38.0 Å². The Bertz CT molecular complexity index is 322. The van der Waals surface area contributed by atoms with Gasteiger partial charge >= 0.3 is 0 Å². The van der Waals surface area contributed by atoms with Gasteiger partial charge in [-0.05, 0) is 25.8 Å². The number of aromatic nitrogens is 1. The second-order valence-corrected chi connectivity index (χ2v) is 4.82. The van der Waals surface area contributed by atoms with Crippen LogP contribution < -0.4 is 10.6 Å². The Morgan fingerprint density at radius 2 is 2.44 bits per heavy atom. The Kier molecular flexibility index (Phi) is 4.30. The number of nitrogens with one attached hydrogen (secondary N) is 2. The van der Waals surface area contributed by atoms with Crippen molar-refractivity contribution in [1.29, 1.82) is 0 Å². The lowest BCUT2D eigenvalue weighted by Crippen LogP contribution is -2.26. The van der Waals surface area contributed by atoms with Crippen LogP contribution in [0.3, 0.4) is 0 Å². The predicted octanol–water partition coefficient (Wildman–Crippen LogP) is 1.29. The van der Waals surface area contributed by atoms with E-state index in [1.807, 2.05) is 10.9 Å². The van der Waals surface area contributed by atoms with Crippen molar-refractivity contribution in [3.63, 3.8) is 0 Å². The molecule has 0 radical (unpaired) electrons. The van der Waals surface area contributed by atoms with Crippen LogP contribution in [0.15, 0.2) is 10.9 Å². The predicted molar refractivity (Wildman–Crippen MR) is 64.2 cm³/mol. The van der Waals surface area contributed by atoms with Gasteiger partial charge in [0.1, 0.15) is 0 Å². The lowest BCUT2D eigenvalue weighted by molar-refractivity contribution is -0.121. The van der Waals surface area contributed by atoms with Crippen molar-refractivity contribution >= 4 is 17.2 Å². The van der Waals surface area contributed by atoms with Crippen LogP contribution in [-0.2, 0) is 11.3 Å². The molecular weight excluding hydrogens is 222 g/mol. The monoisotopic (exact) mass is 239 g/mol. The van der Waals surface area contributed by atoms with E-state index in [1.54, 1.807) is 11.3 Å². The van der Waals surface area contributed by atoms with Gasteiger partial charge in [-0.1, -0.05) is 0 Å². The van der Waals surface area contributed by atoms with Gasteiger partial charge in [0.2, 0.25) is 5.91 Å². The maximum atomic E-state index is 11.3. The van der Waals surface area contributed by atoms with Gasteiger partial charge in [-0.2, -0.15) is 0 Å². The molecule has 0 aromatic carbocycles. The molecule has 4 nitrogen and oxygen atoms in total. The van der Waals surface area contributed by atoms with E-state index in [2.05, 4.69) is 15.6 Å². The second-order valence-electron chi connectivity index (χ2n) is 4.10. The van der Waals surface area contributed by atoms with Crippen molar-refractivity contribution in [2.75, 3.05) is 6.54 Å². The van der Waals surface area contributed by atoms with Crippen LogP contribution in [-0.4, -0.2) is 23.5 Å². The summed E-state index contributed by atoms with van der Waals surface area (Å²) in [6, 6.07) is 0.482. The summed E-state index contributed by atoms with van der Waals surface area (Å²) in [5, 5.41) is 8.29. The summed E-state index contributed by atoms with van der Waals surface area (Å²) in [5.41, 5.74) is 2.91. The van der Waals surface area contributed by atoms with Gasteiger partial charge in [-0.15, -0.1) is 11.3 Å². The molecule has 0 saturated heterocycles. The average Bonchev–Trinajstić information content (AvgIpc) is 2.93. The van der Waals surface area contributed by atoms with E-state index in [0.29, 0.717) is 12.5 Å². The molecular formula is C11H17N3OS. The highest BCUT2D eigenvalue weighted by molar-refractivity contribution is 7.07. The molecule has 1 aliphatic rings. The molecule has 1 aliphatic carbocycles. The van der Waals surface area contributed by atoms with Gasteiger partial charge in [0.25, 0.3) is 0 Å². The fourth-order valence-corrected chi connectivity index (χ4v) is 2.00. The van der Waals surface area contributed by atoms with Crippen LogP contribution in [0.5, 0.6) is 0 Å². The van der Waals surface area contributed by atoms with Gasteiger partial charge < -0.3 is 10.6 Å². The van der Waals surface area contributed by atoms with Gasteiger partial charge in [0.15, 0.2) is 0 Å². The van der Waals surface area contributed by atoms with Gasteiger partial charge in [-0.3, -0.25) is 4.79 Å². The summed E-state index contributed by atoms with van der Waals surface area (Å²) in [5.74, 6) is 0.193. The van der Waals surface area contributed by atoms with Crippen molar-refractivity contribution in [2.45, 2.75) is 38.3 Å². The van der Waals surface area contributed by atoms with Crippen molar-refractivity contribution in [1.82, 2.24) is 15.6 Å². The molecule has 88 valence electrons. The number of carbonyl (C=O) groups excluding carboxylic acids is 1. The minimum Gasteiger partial charge on any atom is -0.353 e. The Morgan fingerprint density at radius 3 is 3.12 bits per heavy atom. The van der Waals surface area contributed by atoms with Crippen molar-refractivity contribution in [3.8, 4) is 0 Å². The zero-order chi connectivity index (χ0) is 11.2. The molecule has 0 unspecified atom stereocenters. The zero-order valence-electron chi connectivity index (χ0n) is 9.24. The van der Waals surface area contributed by atoms with E-state index in [-0.39, 0.29) is 5.91 Å². The largest absolute Gasteiger partial charge is 0.353 e. The minimum absolute atomic E-state index is 0.193. The Morgan fingerprint density at radius 1 is 1.56 bits per heavy atom. The maximum Gasteiger partial charge on any atom is 0.220 e. The Balaban J connectivity index is 1.46. The standard InChI is InChI=1S/C11H17N3OS/c15-11(14-9-3-4-9)2-1-5-12-6-10-7-16-8-13-10/h7-9,12H,1-6H2,(H,14,15). The summed E-state index contributed by atoms with van der Waals surface area (Å²) >= 11 is 1.61. The summed E-state index contributed by atoms with van der Waals surface area (Å²) in [6.07, 6.45) is 3.84. The highest BCUT2D eigenvalue weighted by Crippen LogP contribution is 2.18. The number of carbonyl (C=O) groups is 1. The molecule has 2 rings (SSSR count). The average molecular weight is 239 g/mol. The molecule has 1 heterocycles. The topological polar surface area (TPSA) is 54.0 Å². The smallest absolute Gasteiger partial charge is 0.220 e. The third-order valence-electron chi connectivity index (χ3n) is 2.49. The van der Waals surface area contributed by atoms with Crippen molar-refractivity contribution < 1.29 is 4.79 Å². The lowest BCUT2D eigenvalue weighted by Gasteiger charge is -2.04. The highest BCUT2D eigenvalue weighted by atomic mass is 32.1. The third-order valence-corrected chi connectivity index (χ3v) is 3.12. The fraction of sp³-hybridized carbons (Fsp3) is 0.636. The van der Waals surface area contributed by atoms with Crippen LogP contribution in [0.25, 0.3) is 0 Å². The molecule has 1 aromatic heterocycles. The molecule has 5 heteroatoms. The normalized spacial score (nSPS) is 15.0. The fourth-order valence-electron chi connectivity index (χ4n) is 1.44. The molecule has 0 bridgehead atoms. The van der Waals surface area contributed by atoms with Crippen molar-refractivity contribution in [3.05, 3.63) is 16.6 Å². The quantitative estimate of drug-likeness (QED) is 0.705. The first-order valence-electron chi connectivity index (χ1n) is 5.72. The number of nitrogens with zero attached hydrogens (tertiary/aromatic N) is 1. The molecule has 0 aliphatic heterocycles. The molecule has 16 heavy (non-hydrogen) atoms. The molecule has 2 N–H and O–H groups in total. The van der Waals surface area contributed by atoms with Crippen LogP contribution >= 0.6 is 11.3 Å². The first-order valence-corrected chi connectivity index (χ1v) is 6.66. The van der Waals surface area contributed by atoms with Crippen molar-refractivity contribution in [2.24, 2.45) is 0 Å². The number of thiazole rings is 1. The zero-order valence-corrected chi connectivity index (χ0v) is 10.1. The summed E-state index contributed by atoms with van der Waals surface area (Å²) in [7, 11) is 0. The van der Waals surface area contributed by atoms with Crippen LogP contribution in [0.1, 0.15) is 31.4 Å². The van der Waals surface area contributed by atoms with Crippen LogP contribution in [0.2, 0.25) is 0 Å². The molecule has 1 aromatic rings. The van der Waals surface area contributed by atoms with Gasteiger partial charge in [-0.25, -0.2) is 4.98 Å². The van der Waals surface area contributed by atoms with Gasteiger partial charge in [0.05, 0.1) is 11.2 Å². The third kappa shape index (κ3) is 4.28. The van der Waals surface area contributed by atoms with E-state index in [9.17, 15) is 4.79 Å². The summed E-state index contributed by atoms with van der Waals surface area (Å²) in [6.45, 7) is 1.67. The molecule has 1 saturated carbocycles. The van der Waals surface area contributed by atoms with Crippen LogP contribution in [0.4, 0.5) is 0 Å². The summed E-state index contributed by atoms with van der Waals surface area (Å²) in [4.78, 5) is 15.5. The van der Waals surface area contributed by atoms with E-state index in [1.165, 1.54) is 0 Å².